The van der Waals surface area contributed by atoms with E-state index in [0.717, 1.165) is 0 Å². The zero-order chi connectivity index (χ0) is 10.6. The molecule has 1 aromatic heterocycles. The number of nitrogens with one attached hydrogen (secondary N) is 2. The lowest BCUT2D eigenvalue weighted by Crippen LogP contribution is -2.21. The van der Waals surface area contributed by atoms with Gasteiger partial charge in [0, 0.05) is 12.7 Å². The number of rotatable bonds is 4. The zero-order valence-electron chi connectivity index (χ0n) is 8.11. The maximum Gasteiger partial charge on any atom is 0.259 e. The molecule has 78 valence electrons. The Bertz CT molecular complexity index is 403. The first-order valence-electron chi connectivity index (χ1n) is 4.24. The smallest absolute Gasteiger partial charge is 0.259 e. The quantitative estimate of drug-likeness (QED) is 0.763. The fourth-order valence-corrected chi connectivity index (χ4v) is 1.85. The van der Waals surface area contributed by atoms with Crippen LogP contribution in [-0.2, 0) is 10.0 Å². The predicted molar refractivity (Wildman–Crippen MR) is 54.6 cm³/mol. The van der Waals surface area contributed by atoms with Crippen molar-refractivity contribution in [2.45, 2.75) is 11.9 Å². The first-order valence-corrected chi connectivity index (χ1v) is 5.72. The summed E-state index contributed by atoms with van der Waals surface area (Å²) in [6, 6.07) is 3.37. The van der Waals surface area contributed by atoms with Crippen molar-refractivity contribution in [3.8, 4) is 0 Å². The Morgan fingerprint density at radius 2 is 2.21 bits per heavy atom. The number of aromatic nitrogens is 1. The number of anilines is 1. The molecule has 0 saturated heterocycles. The first-order chi connectivity index (χ1) is 6.61. The van der Waals surface area contributed by atoms with E-state index < -0.39 is 10.0 Å². The van der Waals surface area contributed by atoms with Gasteiger partial charge in [-0.25, -0.2) is 18.1 Å². The van der Waals surface area contributed by atoms with Crippen LogP contribution in [0.25, 0.3) is 0 Å². The minimum atomic E-state index is -3.47. The van der Waals surface area contributed by atoms with Gasteiger partial charge in [0.05, 0.1) is 5.69 Å². The maximum atomic E-state index is 11.5. The molecule has 6 heteroatoms. The van der Waals surface area contributed by atoms with Crippen molar-refractivity contribution in [1.29, 1.82) is 0 Å². The molecule has 0 radical (unpaired) electrons. The van der Waals surface area contributed by atoms with Crippen molar-refractivity contribution >= 4 is 15.7 Å². The largest absolute Gasteiger partial charge is 0.383 e. The van der Waals surface area contributed by atoms with Gasteiger partial charge in [0.15, 0.2) is 5.03 Å². The predicted octanol–water partition coefficient (Wildman–Crippen LogP) is 0.421. The van der Waals surface area contributed by atoms with Crippen LogP contribution in [0.2, 0.25) is 0 Å². The van der Waals surface area contributed by atoms with E-state index in [0.29, 0.717) is 12.2 Å². The molecule has 0 bridgehead atoms. The maximum absolute atomic E-state index is 11.5. The summed E-state index contributed by atoms with van der Waals surface area (Å²) in [5.74, 6) is 0. The highest BCUT2D eigenvalue weighted by atomic mass is 32.2. The van der Waals surface area contributed by atoms with Gasteiger partial charge in [-0.15, -0.1) is 0 Å². The second-order valence-corrected chi connectivity index (χ2v) is 4.40. The monoisotopic (exact) mass is 215 g/mol. The number of hydrogen-bond acceptors (Lipinski definition) is 4. The summed E-state index contributed by atoms with van der Waals surface area (Å²) in [7, 11) is -2.11. The van der Waals surface area contributed by atoms with E-state index in [1.54, 1.807) is 12.1 Å². The summed E-state index contributed by atoms with van der Waals surface area (Å²) in [5.41, 5.74) is 0.518. The molecule has 0 atom stereocenters. The summed E-state index contributed by atoms with van der Waals surface area (Å²) < 4.78 is 25.2. The Kier molecular flexibility index (Phi) is 3.43. The van der Waals surface area contributed by atoms with Crippen molar-refractivity contribution in [3.63, 3.8) is 0 Å². The first kappa shape index (κ1) is 10.9. The lowest BCUT2D eigenvalue weighted by molar-refractivity contribution is 0.585. The SMILES string of the molecule is CCNc1cccnc1S(=O)(=O)NC. The van der Waals surface area contributed by atoms with Gasteiger partial charge in [-0.05, 0) is 26.1 Å². The van der Waals surface area contributed by atoms with Crippen LogP contribution in [0.1, 0.15) is 6.92 Å². The van der Waals surface area contributed by atoms with E-state index in [-0.39, 0.29) is 5.03 Å². The lowest BCUT2D eigenvalue weighted by atomic mass is 10.4. The summed E-state index contributed by atoms with van der Waals surface area (Å²) in [6.07, 6.45) is 1.45. The van der Waals surface area contributed by atoms with Crippen LogP contribution in [0, 0.1) is 0 Å². The van der Waals surface area contributed by atoms with Gasteiger partial charge < -0.3 is 5.32 Å². The minimum absolute atomic E-state index is 0.0318. The van der Waals surface area contributed by atoms with Crippen molar-refractivity contribution in [3.05, 3.63) is 18.3 Å². The Morgan fingerprint density at radius 1 is 1.50 bits per heavy atom. The molecule has 5 nitrogen and oxygen atoms in total. The van der Waals surface area contributed by atoms with E-state index in [2.05, 4.69) is 15.0 Å². The third-order valence-corrected chi connectivity index (χ3v) is 3.03. The summed E-state index contributed by atoms with van der Waals surface area (Å²) in [5, 5.41) is 2.97. The standard InChI is InChI=1S/C8H13N3O2S/c1-3-10-7-5-4-6-11-8(7)14(12,13)9-2/h4-6,9-10H,3H2,1-2H3. The summed E-state index contributed by atoms with van der Waals surface area (Å²) >= 11 is 0. The van der Waals surface area contributed by atoms with E-state index in [9.17, 15) is 8.42 Å². The van der Waals surface area contributed by atoms with Gasteiger partial charge in [-0.2, -0.15) is 0 Å². The van der Waals surface area contributed by atoms with E-state index in [1.807, 2.05) is 6.92 Å². The molecule has 0 unspecified atom stereocenters. The van der Waals surface area contributed by atoms with Gasteiger partial charge in [0.25, 0.3) is 10.0 Å². The topological polar surface area (TPSA) is 71.1 Å². The molecule has 0 spiro atoms. The summed E-state index contributed by atoms with van der Waals surface area (Å²) in [6.45, 7) is 2.54. The van der Waals surface area contributed by atoms with Gasteiger partial charge >= 0.3 is 0 Å². The minimum Gasteiger partial charge on any atom is -0.383 e. The van der Waals surface area contributed by atoms with Crippen LogP contribution in [0.3, 0.4) is 0 Å². The van der Waals surface area contributed by atoms with Crippen molar-refractivity contribution in [2.24, 2.45) is 0 Å². The molecule has 0 fully saturated rings. The average Bonchev–Trinajstić information content (AvgIpc) is 2.19. The Hall–Kier alpha value is -1.14. The molecule has 0 aliphatic carbocycles. The van der Waals surface area contributed by atoms with Crippen LogP contribution in [0.15, 0.2) is 23.4 Å². The van der Waals surface area contributed by atoms with Crippen LogP contribution in [0.4, 0.5) is 5.69 Å². The Morgan fingerprint density at radius 3 is 2.79 bits per heavy atom. The van der Waals surface area contributed by atoms with E-state index >= 15 is 0 Å². The molecule has 0 amide bonds. The molecular formula is C8H13N3O2S. The number of sulfonamides is 1. The molecule has 0 aliphatic heterocycles. The van der Waals surface area contributed by atoms with Crippen LogP contribution < -0.4 is 10.0 Å². The molecule has 0 aliphatic rings. The highest BCUT2D eigenvalue weighted by molar-refractivity contribution is 7.89. The average molecular weight is 215 g/mol. The lowest BCUT2D eigenvalue weighted by Gasteiger charge is -2.08. The number of pyridine rings is 1. The number of hydrogen-bond donors (Lipinski definition) is 2. The molecular weight excluding hydrogens is 202 g/mol. The fourth-order valence-electron chi connectivity index (χ4n) is 1.03. The molecule has 14 heavy (non-hydrogen) atoms. The van der Waals surface area contributed by atoms with Crippen LogP contribution in [0.5, 0.6) is 0 Å². The molecule has 0 aromatic carbocycles. The van der Waals surface area contributed by atoms with Gasteiger partial charge in [-0.3, -0.25) is 0 Å². The van der Waals surface area contributed by atoms with Gasteiger partial charge in [-0.1, -0.05) is 0 Å². The Labute approximate surface area is 83.6 Å². The normalized spacial score (nSPS) is 11.3. The van der Waals surface area contributed by atoms with Gasteiger partial charge in [0.1, 0.15) is 0 Å². The molecule has 1 rings (SSSR count). The second-order valence-electron chi connectivity index (χ2n) is 2.59. The van der Waals surface area contributed by atoms with Crippen LogP contribution in [-0.4, -0.2) is 27.0 Å². The third-order valence-electron chi connectivity index (χ3n) is 1.66. The van der Waals surface area contributed by atoms with E-state index in [4.69, 9.17) is 0 Å². The fraction of sp³-hybridized carbons (Fsp3) is 0.375. The van der Waals surface area contributed by atoms with E-state index in [1.165, 1.54) is 13.2 Å². The highest BCUT2D eigenvalue weighted by Crippen LogP contribution is 2.16. The zero-order valence-corrected chi connectivity index (χ0v) is 8.93. The number of nitrogens with zero attached hydrogens (tertiary/aromatic N) is 1. The molecule has 1 aromatic rings. The molecule has 1 heterocycles. The third kappa shape index (κ3) is 2.21. The van der Waals surface area contributed by atoms with Crippen molar-refractivity contribution in [1.82, 2.24) is 9.71 Å². The molecule has 2 N–H and O–H groups in total. The highest BCUT2D eigenvalue weighted by Gasteiger charge is 2.16. The van der Waals surface area contributed by atoms with Crippen molar-refractivity contribution < 1.29 is 8.42 Å². The van der Waals surface area contributed by atoms with Gasteiger partial charge in [0.2, 0.25) is 0 Å². The second kappa shape index (κ2) is 4.39. The Balaban J connectivity index is 3.20. The van der Waals surface area contributed by atoms with Crippen LogP contribution >= 0.6 is 0 Å². The summed E-state index contributed by atoms with van der Waals surface area (Å²) in [4.78, 5) is 3.83. The van der Waals surface area contributed by atoms with Crippen molar-refractivity contribution in [2.75, 3.05) is 18.9 Å². The molecule has 0 saturated carbocycles.